The van der Waals surface area contributed by atoms with Crippen LogP contribution in [-0.2, 0) is 11.3 Å². The molecule has 0 unspecified atom stereocenters. The highest BCUT2D eigenvalue weighted by molar-refractivity contribution is 5.75. The van der Waals surface area contributed by atoms with Crippen LogP contribution >= 0.6 is 0 Å². The summed E-state index contributed by atoms with van der Waals surface area (Å²) >= 11 is 0. The Kier molecular flexibility index (Phi) is 7.58. The lowest BCUT2D eigenvalue weighted by Crippen LogP contribution is -2.34. The monoisotopic (exact) mass is 382 g/mol. The van der Waals surface area contributed by atoms with Gasteiger partial charge < -0.3 is 15.5 Å². The maximum atomic E-state index is 12.1. The number of nitrogens with one attached hydrogen (secondary N) is 2. The van der Waals surface area contributed by atoms with E-state index in [0.717, 1.165) is 62.6 Å². The van der Waals surface area contributed by atoms with Gasteiger partial charge in [0.25, 0.3) is 0 Å². The quantitative estimate of drug-likeness (QED) is 0.694. The molecule has 2 aromatic heterocycles. The molecule has 0 saturated carbocycles. The summed E-state index contributed by atoms with van der Waals surface area (Å²) in [5.74, 6) is 2.57. The van der Waals surface area contributed by atoms with E-state index in [1.165, 1.54) is 0 Å². The summed E-state index contributed by atoms with van der Waals surface area (Å²) < 4.78 is 0. The number of hydrogen-bond acceptors (Lipinski definition) is 6. The number of piperidine rings is 1. The molecule has 1 aliphatic rings. The van der Waals surface area contributed by atoms with Crippen LogP contribution in [0.1, 0.15) is 44.7 Å². The summed E-state index contributed by atoms with van der Waals surface area (Å²) in [6, 6.07) is 7.76. The van der Waals surface area contributed by atoms with E-state index in [0.29, 0.717) is 18.9 Å². The Bertz CT molecular complexity index is 731. The van der Waals surface area contributed by atoms with E-state index in [2.05, 4.69) is 37.4 Å². The normalized spacial score (nSPS) is 14.7. The van der Waals surface area contributed by atoms with Crippen LogP contribution in [-0.4, -0.2) is 40.5 Å². The molecule has 3 rings (SSSR count). The zero-order valence-corrected chi connectivity index (χ0v) is 16.6. The van der Waals surface area contributed by atoms with Gasteiger partial charge >= 0.3 is 0 Å². The molecule has 0 aromatic carbocycles. The summed E-state index contributed by atoms with van der Waals surface area (Å²) in [5, 5.41) is 6.27. The van der Waals surface area contributed by atoms with E-state index in [4.69, 9.17) is 0 Å². The van der Waals surface area contributed by atoms with Gasteiger partial charge in [-0.1, -0.05) is 13.0 Å². The molecule has 1 saturated heterocycles. The molecule has 7 heteroatoms. The van der Waals surface area contributed by atoms with Gasteiger partial charge in [0.1, 0.15) is 18.0 Å². The Morgan fingerprint density at radius 3 is 2.82 bits per heavy atom. The summed E-state index contributed by atoms with van der Waals surface area (Å²) in [4.78, 5) is 27.3. The molecular formula is C21H30N6O. The van der Waals surface area contributed by atoms with E-state index in [-0.39, 0.29) is 5.91 Å². The summed E-state index contributed by atoms with van der Waals surface area (Å²) in [6.45, 7) is 5.51. The fraction of sp³-hybridized carbons (Fsp3) is 0.524. The van der Waals surface area contributed by atoms with E-state index >= 15 is 0 Å². The van der Waals surface area contributed by atoms with Crippen LogP contribution in [0.2, 0.25) is 0 Å². The second-order valence-corrected chi connectivity index (χ2v) is 7.26. The average molecular weight is 383 g/mol. The van der Waals surface area contributed by atoms with Crippen molar-refractivity contribution in [2.45, 2.75) is 45.6 Å². The van der Waals surface area contributed by atoms with Crippen molar-refractivity contribution in [3.05, 3.63) is 42.5 Å². The lowest BCUT2D eigenvalue weighted by atomic mass is 9.92. The molecule has 0 radical (unpaired) electrons. The lowest BCUT2D eigenvalue weighted by Gasteiger charge is -2.32. The first-order chi connectivity index (χ1) is 13.7. The predicted octanol–water partition coefficient (Wildman–Crippen LogP) is 3.01. The fourth-order valence-corrected chi connectivity index (χ4v) is 3.44. The highest BCUT2D eigenvalue weighted by Gasteiger charge is 2.21. The molecule has 7 nitrogen and oxygen atoms in total. The molecular weight excluding hydrogens is 352 g/mol. The number of pyridine rings is 1. The minimum Gasteiger partial charge on any atom is -0.370 e. The summed E-state index contributed by atoms with van der Waals surface area (Å²) in [7, 11) is 0. The van der Waals surface area contributed by atoms with Crippen LogP contribution < -0.4 is 15.5 Å². The van der Waals surface area contributed by atoms with Gasteiger partial charge in [0.2, 0.25) is 5.91 Å². The number of aromatic nitrogens is 3. The first kappa shape index (κ1) is 20.0. The molecule has 1 fully saturated rings. The number of carbonyl (C=O) groups excluding carboxylic acids is 1. The molecule has 0 aliphatic carbocycles. The number of hydrogen-bond donors (Lipinski definition) is 2. The van der Waals surface area contributed by atoms with Crippen molar-refractivity contribution in [2.75, 3.05) is 29.9 Å². The number of rotatable bonds is 9. The van der Waals surface area contributed by atoms with Crippen LogP contribution in [0.4, 0.5) is 11.6 Å². The van der Waals surface area contributed by atoms with Crippen molar-refractivity contribution < 1.29 is 4.79 Å². The topological polar surface area (TPSA) is 83.0 Å². The molecule has 1 aliphatic heterocycles. The van der Waals surface area contributed by atoms with E-state index in [1.54, 1.807) is 12.5 Å². The molecule has 0 spiro atoms. The van der Waals surface area contributed by atoms with Gasteiger partial charge in [-0.2, -0.15) is 0 Å². The molecule has 0 atom stereocenters. The number of nitrogens with zero attached hydrogens (tertiary/aromatic N) is 4. The second-order valence-electron chi connectivity index (χ2n) is 7.26. The maximum Gasteiger partial charge on any atom is 0.220 e. The Morgan fingerprint density at radius 2 is 2.07 bits per heavy atom. The Labute approximate surface area is 167 Å². The van der Waals surface area contributed by atoms with Gasteiger partial charge in [-0.3, -0.25) is 9.78 Å². The molecule has 3 heterocycles. The Morgan fingerprint density at radius 1 is 1.21 bits per heavy atom. The molecule has 28 heavy (non-hydrogen) atoms. The highest BCUT2D eigenvalue weighted by atomic mass is 16.1. The Balaban J connectivity index is 1.37. The first-order valence-electron chi connectivity index (χ1n) is 10.2. The van der Waals surface area contributed by atoms with Crippen molar-refractivity contribution in [1.29, 1.82) is 0 Å². The smallest absolute Gasteiger partial charge is 0.220 e. The van der Waals surface area contributed by atoms with Crippen molar-refractivity contribution >= 4 is 17.5 Å². The van der Waals surface area contributed by atoms with Crippen molar-refractivity contribution in [2.24, 2.45) is 5.92 Å². The van der Waals surface area contributed by atoms with Crippen molar-refractivity contribution in [3.8, 4) is 0 Å². The zero-order chi connectivity index (χ0) is 19.6. The van der Waals surface area contributed by atoms with Crippen LogP contribution in [0.25, 0.3) is 0 Å². The van der Waals surface area contributed by atoms with Gasteiger partial charge in [0, 0.05) is 38.3 Å². The second kappa shape index (κ2) is 10.6. The number of amides is 1. The SMILES string of the molecule is CCCNc1cc(N2CCC(CCC(=O)NCc3ccccn3)CC2)ncn1. The number of anilines is 2. The lowest BCUT2D eigenvalue weighted by molar-refractivity contribution is -0.121. The predicted molar refractivity (Wildman–Crippen MR) is 111 cm³/mol. The van der Waals surface area contributed by atoms with Gasteiger partial charge in [-0.25, -0.2) is 9.97 Å². The van der Waals surface area contributed by atoms with Gasteiger partial charge in [0.05, 0.1) is 12.2 Å². The molecule has 150 valence electrons. The molecule has 0 bridgehead atoms. The molecule has 1 amide bonds. The van der Waals surface area contributed by atoms with Crippen LogP contribution in [0.5, 0.6) is 0 Å². The third kappa shape index (κ3) is 6.18. The van der Waals surface area contributed by atoms with E-state index < -0.39 is 0 Å². The minimum absolute atomic E-state index is 0.107. The third-order valence-electron chi connectivity index (χ3n) is 5.12. The molecule has 2 aromatic rings. The van der Waals surface area contributed by atoms with Crippen LogP contribution in [0.3, 0.4) is 0 Å². The van der Waals surface area contributed by atoms with Gasteiger partial charge in [-0.15, -0.1) is 0 Å². The largest absolute Gasteiger partial charge is 0.370 e. The number of carbonyl (C=O) groups is 1. The third-order valence-corrected chi connectivity index (χ3v) is 5.12. The average Bonchev–Trinajstić information content (AvgIpc) is 2.76. The fourth-order valence-electron chi connectivity index (χ4n) is 3.44. The van der Waals surface area contributed by atoms with Gasteiger partial charge in [0.15, 0.2) is 0 Å². The van der Waals surface area contributed by atoms with Crippen LogP contribution in [0, 0.1) is 5.92 Å². The highest BCUT2D eigenvalue weighted by Crippen LogP contribution is 2.25. The van der Waals surface area contributed by atoms with Crippen molar-refractivity contribution in [3.63, 3.8) is 0 Å². The van der Waals surface area contributed by atoms with E-state index in [9.17, 15) is 4.79 Å². The standard InChI is InChI=1S/C21H30N6O/c1-2-10-23-19-14-20(26-16-25-19)27-12-8-17(9-13-27)6-7-21(28)24-15-18-5-3-4-11-22-18/h3-5,11,14,16-17H,2,6-10,12-13,15H2,1H3,(H,24,28)(H,23,25,26). The maximum absolute atomic E-state index is 12.1. The minimum atomic E-state index is 0.107. The summed E-state index contributed by atoms with van der Waals surface area (Å²) in [5.41, 5.74) is 0.891. The Hall–Kier alpha value is -2.70. The van der Waals surface area contributed by atoms with Crippen LogP contribution in [0.15, 0.2) is 36.8 Å². The van der Waals surface area contributed by atoms with Gasteiger partial charge in [-0.05, 0) is 43.7 Å². The van der Waals surface area contributed by atoms with E-state index in [1.807, 2.05) is 24.3 Å². The zero-order valence-electron chi connectivity index (χ0n) is 16.6. The van der Waals surface area contributed by atoms with Crippen molar-refractivity contribution in [1.82, 2.24) is 20.3 Å². The molecule has 2 N–H and O–H groups in total. The first-order valence-corrected chi connectivity index (χ1v) is 10.2. The summed E-state index contributed by atoms with van der Waals surface area (Å²) in [6.07, 6.45) is 8.15.